The van der Waals surface area contributed by atoms with Crippen molar-refractivity contribution in [3.63, 3.8) is 0 Å². The van der Waals surface area contributed by atoms with Crippen molar-refractivity contribution in [1.29, 1.82) is 0 Å². The maximum Gasteiger partial charge on any atom is 0.246 e. The van der Waals surface area contributed by atoms with E-state index in [-0.39, 0.29) is 12.5 Å². The fraction of sp³-hybridized carbons (Fsp3) is 0.167. The smallest absolute Gasteiger partial charge is 0.246 e. The predicted octanol–water partition coefficient (Wildman–Crippen LogP) is 2.17. The number of rotatable bonds is 3. The minimum atomic E-state index is -0.140. The van der Waals surface area contributed by atoms with Gasteiger partial charge in [0.2, 0.25) is 5.91 Å². The molecule has 0 aliphatic carbocycles. The van der Waals surface area contributed by atoms with Gasteiger partial charge in [-0.1, -0.05) is 22.0 Å². The van der Waals surface area contributed by atoms with Crippen LogP contribution in [0.2, 0.25) is 0 Å². The Balaban J connectivity index is 2.05. The molecule has 0 saturated heterocycles. The second kappa shape index (κ2) is 5.22. The molecule has 0 spiro atoms. The summed E-state index contributed by atoms with van der Waals surface area (Å²) in [7, 11) is 0. The molecule has 2 rings (SSSR count). The van der Waals surface area contributed by atoms with E-state index in [1.807, 2.05) is 25.1 Å². The summed E-state index contributed by atoms with van der Waals surface area (Å²) >= 11 is 3.37. The van der Waals surface area contributed by atoms with Gasteiger partial charge in [0.15, 0.2) is 0 Å². The number of amides is 1. The first-order valence-electron chi connectivity index (χ1n) is 5.39. The number of aryl methyl sites for hydroxylation is 1. The standard InChI is InChI=1S/C12H13BrN4O/c1-8-2-3-9(13)6-10(8)15-12(18)7-17-5-4-11(14)16-17/h2-6H,7H2,1H3,(H2,14,16)(H,15,18). The summed E-state index contributed by atoms with van der Waals surface area (Å²) in [6.45, 7) is 2.08. The van der Waals surface area contributed by atoms with E-state index in [4.69, 9.17) is 5.73 Å². The summed E-state index contributed by atoms with van der Waals surface area (Å²) in [4.78, 5) is 11.8. The highest BCUT2D eigenvalue weighted by molar-refractivity contribution is 9.10. The number of anilines is 2. The van der Waals surface area contributed by atoms with Gasteiger partial charge in [-0.15, -0.1) is 0 Å². The van der Waals surface area contributed by atoms with E-state index in [0.29, 0.717) is 5.82 Å². The second-order valence-corrected chi connectivity index (χ2v) is 4.86. The number of hydrogen-bond donors (Lipinski definition) is 2. The highest BCUT2D eigenvalue weighted by Gasteiger charge is 2.06. The van der Waals surface area contributed by atoms with Crippen molar-refractivity contribution in [3.8, 4) is 0 Å². The van der Waals surface area contributed by atoms with E-state index in [1.54, 1.807) is 12.3 Å². The number of benzene rings is 1. The average molecular weight is 309 g/mol. The first kappa shape index (κ1) is 12.6. The van der Waals surface area contributed by atoms with Crippen LogP contribution in [0.25, 0.3) is 0 Å². The number of hydrogen-bond acceptors (Lipinski definition) is 3. The number of aromatic nitrogens is 2. The number of nitrogens with two attached hydrogens (primary N) is 1. The summed E-state index contributed by atoms with van der Waals surface area (Å²) in [5.41, 5.74) is 7.27. The van der Waals surface area contributed by atoms with Gasteiger partial charge in [0, 0.05) is 16.4 Å². The molecule has 0 aliphatic rings. The van der Waals surface area contributed by atoms with Crippen LogP contribution in [0.15, 0.2) is 34.9 Å². The van der Waals surface area contributed by atoms with Gasteiger partial charge < -0.3 is 11.1 Å². The number of carbonyl (C=O) groups excluding carboxylic acids is 1. The molecular weight excluding hydrogens is 296 g/mol. The summed E-state index contributed by atoms with van der Waals surface area (Å²) in [5.74, 6) is 0.265. The fourth-order valence-corrected chi connectivity index (χ4v) is 1.89. The van der Waals surface area contributed by atoms with E-state index in [1.165, 1.54) is 4.68 Å². The summed E-state index contributed by atoms with van der Waals surface area (Å²) < 4.78 is 2.42. The number of nitrogen functional groups attached to an aromatic ring is 1. The molecule has 0 saturated carbocycles. The maximum atomic E-state index is 11.8. The van der Waals surface area contributed by atoms with E-state index >= 15 is 0 Å². The SMILES string of the molecule is Cc1ccc(Br)cc1NC(=O)Cn1ccc(N)n1. The molecule has 6 heteroatoms. The van der Waals surface area contributed by atoms with Crippen LogP contribution < -0.4 is 11.1 Å². The topological polar surface area (TPSA) is 72.9 Å². The van der Waals surface area contributed by atoms with Gasteiger partial charge >= 0.3 is 0 Å². The molecule has 0 aliphatic heterocycles. The highest BCUT2D eigenvalue weighted by atomic mass is 79.9. The Kier molecular flexibility index (Phi) is 3.66. The van der Waals surface area contributed by atoms with Crippen LogP contribution in [0.4, 0.5) is 11.5 Å². The molecule has 1 aromatic carbocycles. The Morgan fingerprint density at radius 3 is 2.94 bits per heavy atom. The summed E-state index contributed by atoms with van der Waals surface area (Å²) in [6, 6.07) is 7.38. The monoisotopic (exact) mass is 308 g/mol. The zero-order valence-electron chi connectivity index (χ0n) is 9.85. The lowest BCUT2D eigenvalue weighted by Gasteiger charge is -2.08. The van der Waals surface area contributed by atoms with Crippen molar-refractivity contribution < 1.29 is 4.79 Å². The second-order valence-electron chi connectivity index (χ2n) is 3.95. The van der Waals surface area contributed by atoms with E-state index in [0.717, 1.165) is 15.7 Å². The number of nitrogens with zero attached hydrogens (tertiary/aromatic N) is 2. The first-order chi connectivity index (χ1) is 8.54. The van der Waals surface area contributed by atoms with Crippen LogP contribution in [-0.4, -0.2) is 15.7 Å². The summed E-state index contributed by atoms with van der Waals surface area (Å²) in [6.07, 6.45) is 1.67. The molecule has 2 aromatic rings. The Morgan fingerprint density at radius 2 is 2.28 bits per heavy atom. The van der Waals surface area contributed by atoms with Gasteiger partial charge in [-0.25, -0.2) is 0 Å². The third-order valence-electron chi connectivity index (χ3n) is 2.44. The largest absolute Gasteiger partial charge is 0.382 e. The fourth-order valence-electron chi connectivity index (χ4n) is 1.53. The average Bonchev–Trinajstić information content (AvgIpc) is 2.69. The van der Waals surface area contributed by atoms with Crippen LogP contribution in [0.5, 0.6) is 0 Å². The van der Waals surface area contributed by atoms with Gasteiger partial charge in [0.05, 0.1) is 0 Å². The molecule has 0 radical (unpaired) electrons. The Labute approximate surface area is 113 Å². The third-order valence-corrected chi connectivity index (χ3v) is 2.93. The molecule has 0 bridgehead atoms. The molecule has 1 heterocycles. The van der Waals surface area contributed by atoms with Gasteiger partial charge in [0.1, 0.15) is 12.4 Å². The molecule has 1 aromatic heterocycles. The Hall–Kier alpha value is -1.82. The highest BCUT2D eigenvalue weighted by Crippen LogP contribution is 2.20. The molecular formula is C12H13BrN4O. The lowest BCUT2D eigenvalue weighted by atomic mass is 10.2. The zero-order chi connectivity index (χ0) is 13.1. The first-order valence-corrected chi connectivity index (χ1v) is 6.19. The summed E-state index contributed by atoms with van der Waals surface area (Å²) in [5, 5.41) is 6.79. The minimum absolute atomic E-state index is 0.140. The van der Waals surface area contributed by atoms with Gasteiger partial charge in [-0.2, -0.15) is 5.10 Å². The zero-order valence-corrected chi connectivity index (χ0v) is 11.4. The molecule has 5 nitrogen and oxygen atoms in total. The quantitative estimate of drug-likeness (QED) is 0.912. The van der Waals surface area contributed by atoms with Crippen molar-refractivity contribution in [3.05, 3.63) is 40.5 Å². The van der Waals surface area contributed by atoms with Crippen molar-refractivity contribution in [2.75, 3.05) is 11.1 Å². The predicted molar refractivity (Wildman–Crippen MR) is 74.1 cm³/mol. The third kappa shape index (κ3) is 3.10. The van der Waals surface area contributed by atoms with Crippen LogP contribution in [0, 0.1) is 6.92 Å². The van der Waals surface area contributed by atoms with E-state index in [9.17, 15) is 4.79 Å². The Morgan fingerprint density at radius 1 is 1.50 bits per heavy atom. The van der Waals surface area contributed by atoms with E-state index < -0.39 is 0 Å². The number of nitrogens with one attached hydrogen (secondary N) is 1. The van der Waals surface area contributed by atoms with Crippen molar-refractivity contribution in [2.45, 2.75) is 13.5 Å². The lowest BCUT2D eigenvalue weighted by molar-refractivity contribution is -0.116. The molecule has 1 amide bonds. The van der Waals surface area contributed by atoms with Gasteiger partial charge in [-0.05, 0) is 30.7 Å². The normalized spacial score (nSPS) is 10.3. The molecule has 0 unspecified atom stereocenters. The van der Waals surface area contributed by atoms with Crippen LogP contribution in [0.3, 0.4) is 0 Å². The number of carbonyl (C=O) groups is 1. The van der Waals surface area contributed by atoms with Gasteiger partial charge in [-0.3, -0.25) is 9.48 Å². The van der Waals surface area contributed by atoms with Crippen LogP contribution in [-0.2, 0) is 11.3 Å². The molecule has 0 fully saturated rings. The number of halogens is 1. The Bertz CT molecular complexity index is 579. The lowest BCUT2D eigenvalue weighted by Crippen LogP contribution is -2.19. The van der Waals surface area contributed by atoms with Crippen molar-refractivity contribution >= 4 is 33.3 Å². The molecule has 3 N–H and O–H groups in total. The maximum absolute atomic E-state index is 11.8. The molecule has 94 valence electrons. The minimum Gasteiger partial charge on any atom is -0.382 e. The van der Waals surface area contributed by atoms with Crippen LogP contribution >= 0.6 is 15.9 Å². The van der Waals surface area contributed by atoms with Gasteiger partial charge in [0.25, 0.3) is 0 Å². The van der Waals surface area contributed by atoms with Crippen molar-refractivity contribution in [1.82, 2.24) is 9.78 Å². The van der Waals surface area contributed by atoms with Crippen LogP contribution in [0.1, 0.15) is 5.56 Å². The molecule has 0 atom stereocenters. The van der Waals surface area contributed by atoms with E-state index in [2.05, 4.69) is 26.3 Å². The molecule has 18 heavy (non-hydrogen) atoms. The van der Waals surface area contributed by atoms with Crippen molar-refractivity contribution in [2.24, 2.45) is 0 Å².